The van der Waals surface area contributed by atoms with Crippen LogP contribution in [0.3, 0.4) is 0 Å². The zero-order chi connectivity index (χ0) is 16.3. The zero-order valence-corrected chi connectivity index (χ0v) is 14.4. The molecule has 0 aliphatic heterocycles. The number of carbonyl (C=O) groups is 1. The molecule has 21 heavy (non-hydrogen) atoms. The van der Waals surface area contributed by atoms with E-state index < -0.39 is 5.60 Å². The third-order valence-electron chi connectivity index (χ3n) is 2.66. The largest absolute Gasteiger partial charge is 0.444 e. The molecule has 0 heterocycles. The van der Waals surface area contributed by atoms with Gasteiger partial charge >= 0.3 is 6.09 Å². The summed E-state index contributed by atoms with van der Waals surface area (Å²) in [7, 11) is 1.62. The van der Waals surface area contributed by atoms with Crippen molar-refractivity contribution in [1.29, 1.82) is 0 Å². The van der Waals surface area contributed by atoms with Crippen LogP contribution in [0.4, 0.5) is 4.79 Å². The molecule has 1 atom stereocenters. The van der Waals surface area contributed by atoms with E-state index in [4.69, 9.17) is 14.2 Å². The highest BCUT2D eigenvalue weighted by Crippen LogP contribution is 2.09. The van der Waals surface area contributed by atoms with Gasteiger partial charge in [0.25, 0.3) is 0 Å². The fraction of sp³-hybridized carbons (Fsp3) is 0.933. The molecule has 0 aliphatic carbocycles. The Labute approximate surface area is 129 Å². The number of hydrogen-bond donors (Lipinski definition) is 1. The summed E-state index contributed by atoms with van der Waals surface area (Å²) >= 11 is 0. The lowest BCUT2D eigenvalue weighted by molar-refractivity contribution is 0.0201. The number of nitrogens with one attached hydrogen (secondary N) is 1. The second-order valence-corrected chi connectivity index (χ2v) is 5.97. The van der Waals surface area contributed by atoms with Gasteiger partial charge in [0.1, 0.15) is 5.60 Å². The standard InChI is InChI=1S/C15H32N2O4/c1-7-20-12-13(2)16-8-9-17(10-11-19-6)14(18)21-15(3,4)5/h13,16H,7-12H2,1-6H3. The van der Waals surface area contributed by atoms with Gasteiger partial charge in [-0.25, -0.2) is 4.79 Å². The van der Waals surface area contributed by atoms with Crippen molar-refractivity contribution >= 4 is 6.09 Å². The molecule has 0 bridgehead atoms. The Bertz CT molecular complexity index is 279. The molecule has 0 aromatic carbocycles. The van der Waals surface area contributed by atoms with Crippen molar-refractivity contribution in [3.05, 3.63) is 0 Å². The number of methoxy groups -OCH3 is 1. The Kier molecular flexibility index (Phi) is 10.4. The van der Waals surface area contributed by atoms with Crippen LogP contribution >= 0.6 is 0 Å². The van der Waals surface area contributed by atoms with E-state index in [9.17, 15) is 4.79 Å². The highest BCUT2D eigenvalue weighted by atomic mass is 16.6. The van der Waals surface area contributed by atoms with Crippen LogP contribution < -0.4 is 5.32 Å². The van der Waals surface area contributed by atoms with Crippen molar-refractivity contribution < 1.29 is 19.0 Å². The average molecular weight is 304 g/mol. The van der Waals surface area contributed by atoms with E-state index >= 15 is 0 Å². The van der Waals surface area contributed by atoms with Crippen molar-refractivity contribution in [1.82, 2.24) is 10.2 Å². The molecular formula is C15H32N2O4. The molecule has 0 saturated carbocycles. The van der Waals surface area contributed by atoms with Crippen molar-refractivity contribution in [2.45, 2.75) is 46.3 Å². The van der Waals surface area contributed by atoms with Gasteiger partial charge < -0.3 is 24.4 Å². The third kappa shape index (κ3) is 11.5. The number of hydrogen-bond acceptors (Lipinski definition) is 5. The topological polar surface area (TPSA) is 60.0 Å². The maximum Gasteiger partial charge on any atom is 0.410 e. The van der Waals surface area contributed by atoms with E-state index in [-0.39, 0.29) is 12.1 Å². The molecular weight excluding hydrogens is 272 g/mol. The van der Waals surface area contributed by atoms with Crippen LogP contribution in [0.5, 0.6) is 0 Å². The summed E-state index contributed by atoms with van der Waals surface area (Å²) in [5.41, 5.74) is -0.488. The second kappa shape index (κ2) is 10.8. The molecule has 0 aromatic heterocycles. The van der Waals surface area contributed by atoms with Gasteiger partial charge in [0.15, 0.2) is 0 Å². The molecule has 1 amide bonds. The van der Waals surface area contributed by atoms with Crippen LogP contribution in [-0.2, 0) is 14.2 Å². The maximum absolute atomic E-state index is 12.1. The minimum Gasteiger partial charge on any atom is -0.444 e. The van der Waals surface area contributed by atoms with Gasteiger partial charge in [-0.2, -0.15) is 0 Å². The fourth-order valence-electron chi connectivity index (χ4n) is 1.62. The van der Waals surface area contributed by atoms with Gasteiger partial charge in [-0.3, -0.25) is 0 Å². The van der Waals surface area contributed by atoms with E-state index in [1.165, 1.54) is 0 Å². The molecule has 0 aliphatic rings. The summed E-state index contributed by atoms with van der Waals surface area (Å²) < 4.78 is 15.8. The first-order valence-corrected chi connectivity index (χ1v) is 7.58. The van der Waals surface area contributed by atoms with Gasteiger partial charge in [0.2, 0.25) is 0 Å². The molecule has 0 spiro atoms. The molecule has 0 rings (SSSR count). The van der Waals surface area contributed by atoms with Crippen LogP contribution in [0, 0.1) is 0 Å². The molecule has 6 heteroatoms. The zero-order valence-electron chi connectivity index (χ0n) is 14.4. The minimum atomic E-state index is -0.488. The highest BCUT2D eigenvalue weighted by Gasteiger charge is 2.21. The first-order chi connectivity index (χ1) is 9.80. The average Bonchev–Trinajstić information content (AvgIpc) is 2.38. The SMILES string of the molecule is CCOCC(C)NCCN(CCOC)C(=O)OC(C)(C)C. The van der Waals surface area contributed by atoms with E-state index in [1.54, 1.807) is 12.0 Å². The summed E-state index contributed by atoms with van der Waals surface area (Å²) in [5, 5.41) is 3.33. The van der Waals surface area contributed by atoms with Crippen LogP contribution in [0.25, 0.3) is 0 Å². The van der Waals surface area contributed by atoms with Gasteiger partial charge in [-0.05, 0) is 34.6 Å². The Morgan fingerprint density at radius 1 is 1.29 bits per heavy atom. The maximum atomic E-state index is 12.1. The van der Waals surface area contributed by atoms with E-state index in [0.29, 0.717) is 39.5 Å². The molecule has 0 radical (unpaired) electrons. The number of rotatable bonds is 10. The molecule has 126 valence electrons. The quantitative estimate of drug-likeness (QED) is 0.668. The fourth-order valence-corrected chi connectivity index (χ4v) is 1.62. The molecule has 1 unspecified atom stereocenters. The molecule has 6 nitrogen and oxygen atoms in total. The molecule has 0 aromatic rings. The van der Waals surface area contributed by atoms with Gasteiger partial charge in [0.05, 0.1) is 13.2 Å². The lowest BCUT2D eigenvalue weighted by Gasteiger charge is -2.27. The van der Waals surface area contributed by atoms with E-state index in [0.717, 1.165) is 0 Å². The molecule has 0 saturated heterocycles. The monoisotopic (exact) mass is 304 g/mol. The summed E-state index contributed by atoms with van der Waals surface area (Å²) in [4.78, 5) is 13.8. The highest BCUT2D eigenvalue weighted by molar-refractivity contribution is 5.68. The van der Waals surface area contributed by atoms with Crippen molar-refractivity contribution in [3.8, 4) is 0 Å². The summed E-state index contributed by atoms with van der Waals surface area (Å²) in [5.74, 6) is 0. The predicted octanol–water partition coefficient (Wildman–Crippen LogP) is 1.88. The summed E-state index contributed by atoms with van der Waals surface area (Å²) in [6, 6.07) is 0.257. The van der Waals surface area contributed by atoms with Crippen LogP contribution in [0.1, 0.15) is 34.6 Å². The lowest BCUT2D eigenvalue weighted by Crippen LogP contribution is -2.43. The van der Waals surface area contributed by atoms with Crippen LogP contribution in [0.15, 0.2) is 0 Å². The van der Waals surface area contributed by atoms with Crippen LogP contribution in [0.2, 0.25) is 0 Å². The Morgan fingerprint density at radius 2 is 1.95 bits per heavy atom. The first kappa shape index (κ1) is 20.1. The number of carbonyl (C=O) groups excluding carboxylic acids is 1. The Hall–Kier alpha value is -0.850. The number of ether oxygens (including phenoxy) is 3. The van der Waals surface area contributed by atoms with Gasteiger partial charge in [-0.1, -0.05) is 0 Å². The Balaban J connectivity index is 4.20. The molecule has 1 N–H and O–H groups in total. The smallest absolute Gasteiger partial charge is 0.410 e. The first-order valence-electron chi connectivity index (χ1n) is 7.58. The number of nitrogens with zero attached hydrogens (tertiary/aromatic N) is 1. The van der Waals surface area contributed by atoms with Crippen molar-refractivity contribution in [2.75, 3.05) is 46.6 Å². The van der Waals surface area contributed by atoms with E-state index in [2.05, 4.69) is 12.2 Å². The predicted molar refractivity (Wildman–Crippen MR) is 83.6 cm³/mol. The normalized spacial score (nSPS) is 13.0. The molecule has 0 fully saturated rings. The summed E-state index contributed by atoms with van der Waals surface area (Å²) in [6.07, 6.45) is -0.307. The van der Waals surface area contributed by atoms with Crippen molar-refractivity contribution in [3.63, 3.8) is 0 Å². The lowest BCUT2D eigenvalue weighted by atomic mass is 10.2. The summed E-state index contributed by atoms with van der Waals surface area (Å²) in [6.45, 7) is 13.3. The van der Waals surface area contributed by atoms with Crippen LogP contribution in [-0.4, -0.2) is 69.2 Å². The minimum absolute atomic E-state index is 0.257. The second-order valence-electron chi connectivity index (χ2n) is 5.97. The Morgan fingerprint density at radius 3 is 2.48 bits per heavy atom. The van der Waals surface area contributed by atoms with Gasteiger partial charge in [0, 0.05) is 39.4 Å². The van der Waals surface area contributed by atoms with Crippen molar-refractivity contribution in [2.24, 2.45) is 0 Å². The van der Waals surface area contributed by atoms with Gasteiger partial charge in [-0.15, -0.1) is 0 Å². The number of amides is 1. The third-order valence-corrected chi connectivity index (χ3v) is 2.66. The van der Waals surface area contributed by atoms with E-state index in [1.807, 2.05) is 27.7 Å².